The number of aromatic nitrogens is 2. The van der Waals surface area contributed by atoms with Crippen LogP contribution in [0.3, 0.4) is 0 Å². The van der Waals surface area contributed by atoms with E-state index in [1.807, 2.05) is 17.5 Å². The van der Waals surface area contributed by atoms with Gasteiger partial charge >= 0.3 is 0 Å². The van der Waals surface area contributed by atoms with E-state index in [1.54, 1.807) is 0 Å². The van der Waals surface area contributed by atoms with Gasteiger partial charge in [0.1, 0.15) is 0 Å². The minimum absolute atomic E-state index is 0.763. The Morgan fingerprint density at radius 1 is 1.18 bits per heavy atom. The van der Waals surface area contributed by atoms with Gasteiger partial charge in [-0.3, -0.25) is 4.90 Å². The molecule has 0 amide bonds. The molecule has 2 saturated heterocycles. The summed E-state index contributed by atoms with van der Waals surface area (Å²) in [5.74, 6) is 0.835. The van der Waals surface area contributed by atoms with Crippen LogP contribution < -0.4 is 10.2 Å². The standard InChI is InChI=1S/C15H21N5OS/c1-3-19(4-2-16-1)11-12-9-13-14(22-12)10-17-15(18-13)20-5-7-21-8-6-20/h9-10,16H,1-8,11H2. The first-order valence-corrected chi connectivity index (χ1v) is 8.71. The molecule has 0 radical (unpaired) electrons. The van der Waals surface area contributed by atoms with Crippen LogP contribution in [0.1, 0.15) is 4.88 Å². The van der Waals surface area contributed by atoms with Gasteiger partial charge in [0.25, 0.3) is 0 Å². The molecule has 2 aromatic rings. The highest BCUT2D eigenvalue weighted by Crippen LogP contribution is 2.26. The van der Waals surface area contributed by atoms with E-state index in [4.69, 9.17) is 9.72 Å². The van der Waals surface area contributed by atoms with Gasteiger partial charge in [-0.05, 0) is 6.07 Å². The normalized spacial score (nSPS) is 20.6. The Bertz CT molecular complexity index is 634. The zero-order chi connectivity index (χ0) is 14.8. The van der Waals surface area contributed by atoms with Crippen LogP contribution in [-0.2, 0) is 11.3 Å². The zero-order valence-corrected chi connectivity index (χ0v) is 13.4. The molecular weight excluding hydrogens is 298 g/mol. The smallest absolute Gasteiger partial charge is 0.226 e. The zero-order valence-electron chi connectivity index (χ0n) is 12.6. The van der Waals surface area contributed by atoms with Gasteiger partial charge in [-0.1, -0.05) is 0 Å². The second kappa shape index (κ2) is 6.45. The van der Waals surface area contributed by atoms with E-state index in [9.17, 15) is 0 Å². The van der Waals surface area contributed by atoms with Crippen LogP contribution in [0.4, 0.5) is 5.95 Å². The van der Waals surface area contributed by atoms with E-state index in [1.165, 1.54) is 9.58 Å². The van der Waals surface area contributed by atoms with E-state index < -0.39 is 0 Å². The van der Waals surface area contributed by atoms with Crippen LogP contribution in [0.15, 0.2) is 12.3 Å². The minimum Gasteiger partial charge on any atom is -0.378 e. The summed E-state index contributed by atoms with van der Waals surface area (Å²) in [5, 5.41) is 3.39. The van der Waals surface area contributed by atoms with Crippen LogP contribution in [0.5, 0.6) is 0 Å². The fraction of sp³-hybridized carbons (Fsp3) is 0.600. The lowest BCUT2D eigenvalue weighted by Gasteiger charge is -2.26. The molecule has 0 spiro atoms. The van der Waals surface area contributed by atoms with Crippen molar-refractivity contribution in [3.8, 4) is 0 Å². The van der Waals surface area contributed by atoms with Crippen molar-refractivity contribution in [3.05, 3.63) is 17.1 Å². The maximum atomic E-state index is 5.39. The molecule has 1 N–H and O–H groups in total. The average Bonchev–Trinajstić information content (AvgIpc) is 2.98. The van der Waals surface area contributed by atoms with Gasteiger partial charge in [-0.25, -0.2) is 9.97 Å². The monoisotopic (exact) mass is 319 g/mol. The summed E-state index contributed by atoms with van der Waals surface area (Å²) >= 11 is 1.82. The maximum absolute atomic E-state index is 5.39. The highest BCUT2D eigenvalue weighted by atomic mass is 32.1. The number of anilines is 1. The number of thiophene rings is 1. The number of morpholine rings is 1. The Morgan fingerprint density at radius 2 is 2.00 bits per heavy atom. The van der Waals surface area contributed by atoms with Crippen LogP contribution >= 0.6 is 11.3 Å². The average molecular weight is 319 g/mol. The predicted molar refractivity (Wildman–Crippen MR) is 88.6 cm³/mol. The molecule has 22 heavy (non-hydrogen) atoms. The molecule has 0 unspecified atom stereocenters. The van der Waals surface area contributed by atoms with Crippen LogP contribution in [0.25, 0.3) is 10.2 Å². The number of rotatable bonds is 3. The number of fused-ring (bicyclic) bond motifs is 1. The summed E-state index contributed by atoms with van der Waals surface area (Å²) in [5.41, 5.74) is 1.08. The van der Waals surface area contributed by atoms with Crippen LogP contribution in [0, 0.1) is 0 Å². The quantitative estimate of drug-likeness (QED) is 0.908. The highest BCUT2D eigenvalue weighted by Gasteiger charge is 2.16. The molecule has 4 rings (SSSR count). The molecule has 2 aliphatic heterocycles. The SMILES string of the molecule is c1c(CN2CCNCC2)sc2cnc(N3CCOCC3)nc12. The molecule has 4 heterocycles. The third kappa shape index (κ3) is 3.08. The molecular formula is C15H21N5OS. The minimum atomic E-state index is 0.763. The van der Waals surface area contributed by atoms with Gasteiger partial charge in [0.05, 0.1) is 29.6 Å². The highest BCUT2D eigenvalue weighted by molar-refractivity contribution is 7.18. The number of hydrogen-bond donors (Lipinski definition) is 1. The summed E-state index contributed by atoms with van der Waals surface area (Å²) in [6, 6.07) is 2.23. The van der Waals surface area contributed by atoms with E-state index in [-0.39, 0.29) is 0 Å². The van der Waals surface area contributed by atoms with Crippen molar-refractivity contribution in [1.82, 2.24) is 20.2 Å². The summed E-state index contributed by atoms with van der Waals surface area (Å²) < 4.78 is 6.57. The molecule has 0 saturated carbocycles. The van der Waals surface area contributed by atoms with Crippen LogP contribution in [0.2, 0.25) is 0 Å². The Balaban J connectivity index is 1.52. The molecule has 118 valence electrons. The summed E-state index contributed by atoms with van der Waals surface area (Å²) in [4.78, 5) is 15.4. The molecule has 0 atom stereocenters. The van der Waals surface area contributed by atoms with E-state index >= 15 is 0 Å². The predicted octanol–water partition coefficient (Wildman–Crippen LogP) is 0.933. The van der Waals surface area contributed by atoms with Gasteiger partial charge in [0, 0.05) is 50.7 Å². The molecule has 2 aliphatic rings. The lowest BCUT2D eigenvalue weighted by atomic mass is 10.3. The largest absolute Gasteiger partial charge is 0.378 e. The fourth-order valence-electron chi connectivity index (χ4n) is 2.96. The van der Waals surface area contributed by atoms with Crippen molar-refractivity contribution in [2.75, 3.05) is 57.4 Å². The molecule has 2 aromatic heterocycles. The molecule has 0 bridgehead atoms. The lowest BCUT2D eigenvalue weighted by molar-refractivity contribution is 0.122. The first-order chi connectivity index (χ1) is 10.9. The Hall–Kier alpha value is -1.28. The fourth-order valence-corrected chi connectivity index (χ4v) is 3.98. The van der Waals surface area contributed by atoms with Crippen molar-refractivity contribution in [2.24, 2.45) is 0 Å². The summed E-state index contributed by atoms with van der Waals surface area (Å²) in [6.07, 6.45) is 1.97. The maximum Gasteiger partial charge on any atom is 0.226 e. The van der Waals surface area contributed by atoms with Crippen molar-refractivity contribution in [1.29, 1.82) is 0 Å². The Kier molecular flexibility index (Phi) is 4.20. The first-order valence-electron chi connectivity index (χ1n) is 7.90. The lowest BCUT2D eigenvalue weighted by Crippen LogP contribution is -2.42. The van der Waals surface area contributed by atoms with Crippen molar-refractivity contribution < 1.29 is 4.74 Å². The second-order valence-electron chi connectivity index (χ2n) is 5.76. The number of hydrogen-bond acceptors (Lipinski definition) is 7. The van der Waals surface area contributed by atoms with Crippen molar-refractivity contribution >= 4 is 27.5 Å². The summed E-state index contributed by atoms with van der Waals surface area (Å²) in [7, 11) is 0. The number of ether oxygens (including phenoxy) is 1. The summed E-state index contributed by atoms with van der Waals surface area (Å²) in [6.45, 7) is 8.73. The number of piperazine rings is 1. The van der Waals surface area contributed by atoms with E-state index in [2.05, 4.69) is 26.2 Å². The van der Waals surface area contributed by atoms with Crippen molar-refractivity contribution in [3.63, 3.8) is 0 Å². The van der Waals surface area contributed by atoms with E-state index in [0.29, 0.717) is 0 Å². The molecule has 0 aromatic carbocycles. The van der Waals surface area contributed by atoms with Gasteiger partial charge in [-0.2, -0.15) is 0 Å². The third-order valence-electron chi connectivity index (χ3n) is 4.19. The Labute approximate surface area is 134 Å². The number of nitrogens with one attached hydrogen (secondary N) is 1. The molecule has 7 heteroatoms. The van der Waals surface area contributed by atoms with Gasteiger partial charge in [-0.15, -0.1) is 11.3 Å². The van der Waals surface area contributed by atoms with Gasteiger partial charge < -0.3 is 15.0 Å². The molecule has 0 aliphatic carbocycles. The van der Waals surface area contributed by atoms with Crippen molar-refractivity contribution in [2.45, 2.75) is 6.54 Å². The van der Waals surface area contributed by atoms with E-state index in [0.717, 1.165) is 70.5 Å². The number of nitrogens with zero attached hydrogens (tertiary/aromatic N) is 4. The topological polar surface area (TPSA) is 53.5 Å². The van der Waals surface area contributed by atoms with Crippen LogP contribution in [-0.4, -0.2) is 67.4 Å². The molecule has 6 nitrogen and oxygen atoms in total. The third-order valence-corrected chi connectivity index (χ3v) is 5.24. The van der Waals surface area contributed by atoms with Gasteiger partial charge in [0.15, 0.2) is 0 Å². The molecule has 2 fully saturated rings. The second-order valence-corrected chi connectivity index (χ2v) is 6.93. The first kappa shape index (κ1) is 14.3. The van der Waals surface area contributed by atoms with Gasteiger partial charge in [0.2, 0.25) is 5.95 Å². The Morgan fingerprint density at radius 3 is 2.82 bits per heavy atom.